The van der Waals surface area contributed by atoms with Crippen LogP contribution in [0.15, 0.2) is 24.3 Å². The summed E-state index contributed by atoms with van der Waals surface area (Å²) in [6.45, 7) is 9.21. The third-order valence-corrected chi connectivity index (χ3v) is 6.73. The van der Waals surface area contributed by atoms with Crippen molar-refractivity contribution in [1.29, 1.82) is 0 Å². The van der Waals surface area contributed by atoms with Crippen molar-refractivity contribution in [3.05, 3.63) is 35.0 Å². The molecule has 3 aromatic rings. The zero-order valence-electron chi connectivity index (χ0n) is 17.2. The lowest BCUT2D eigenvalue weighted by molar-refractivity contribution is 0.340. The molecule has 2 atom stereocenters. The maximum atomic E-state index is 5.61. The van der Waals surface area contributed by atoms with E-state index in [1.54, 1.807) is 11.3 Å². The van der Waals surface area contributed by atoms with Crippen LogP contribution in [0.1, 0.15) is 50.2 Å². The molecule has 1 aliphatic carbocycles. The van der Waals surface area contributed by atoms with Gasteiger partial charge in [0.15, 0.2) is 0 Å². The topological polar surface area (TPSA) is 47.0 Å². The minimum absolute atomic E-state index is 0.486. The van der Waals surface area contributed by atoms with E-state index in [1.165, 1.54) is 41.7 Å². The number of aromatic nitrogens is 2. The zero-order valence-corrected chi connectivity index (χ0v) is 18.0. The van der Waals surface area contributed by atoms with Gasteiger partial charge >= 0.3 is 0 Å². The van der Waals surface area contributed by atoms with E-state index < -0.39 is 0 Å². The van der Waals surface area contributed by atoms with E-state index in [-0.39, 0.29) is 0 Å². The number of nitrogens with zero attached hydrogens (tertiary/aromatic N) is 2. The van der Waals surface area contributed by atoms with Crippen LogP contribution in [0.4, 0.5) is 5.82 Å². The third kappa shape index (κ3) is 3.72. The van der Waals surface area contributed by atoms with Crippen molar-refractivity contribution in [2.45, 2.75) is 59.4 Å². The summed E-state index contributed by atoms with van der Waals surface area (Å²) in [6, 6.07) is 8.87. The molecule has 4 rings (SSSR count). The minimum Gasteiger partial charge on any atom is -0.494 e. The van der Waals surface area contributed by atoms with Gasteiger partial charge in [-0.25, -0.2) is 9.97 Å². The van der Waals surface area contributed by atoms with E-state index in [1.807, 2.05) is 26.0 Å². The Kier molecular flexibility index (Phi) is 5.54. The van der Waals surface area contributed by atoms with Crippen molar-refractivity contribution in [2.75, 3.05) is 11.9 Å². The highest BCUT2D eigenvalue weighted by Crippen LogP contribution is 2.42. The molecule has 1 fully saturated rings. The number of rotatable bonds is 5. The number of thiophene rings is 1. The molecule has 148 valence electrons. The van der Waals surface area contributed by atoms with Gasteiger partial charge in [-0.1, -0.05) is 31.9 Å². The Hall–Kier alpha value is -2.14. The van der Waals surface area contributed by atoms with Crippen LogP contribution in [0.3, 0.4) is 0 Å². The van der Waals surface area contributed by atoms with Crippen molar-refractivity contribution in [3.63, 3.8) is 0 Å². The second-order valence-electron chi connectivity index (χ2n) is 7.80. The van der Waals surface area contributed by atoms with E-state index in [0.717, 1.165) is 27.6 Å². The number of nitrogens with one attached hydrogen (secondary N) is 1. The molecular formula is C23H29N3OS. The minimum atomic E-state index is 0.486. The van der Waals surface area contributed by atoms with Gasteiger partial charge in [-0.3, -0.25) is 0 Å². The summed E-state index contributed by atoms with van der Waals surface area (Å²) in [5.74, 6) is 3.41. The van der Waals surface area contributed by atoms with Crippen molar-refractivity contribution in [3.8, 4) is 16.9 Å². The highest BCUT2D eigenvalue weighted by atomic mass is 32.1. The zero-order chi connectivity index (χ0) is 19.7. The van der Waals surface area contributed by atoms with Crippen molar-refractivity contribution >= 4 is 27.4 Å². The summed E-state index contributed by atoms with van der Waals surface area (Å²) in [5.41, 5.74) is 2.44. The quantitative estimate of drug-likeness (QED) is 0.546. The number of fused-ring (bicyclic) bond motifs is 1. The fourth-order valence-corrected chi connectivity index (χ4v) is 5.35. The Morgan fingerprint density at radius 2 is 1.86 bits per heavy atom. The highest BCUT2D eigenvalue weighted by molar-refractivity contribution is 7.19. The van der Waals surface area contributed by atoms with Crippen LogP contribution >= 0.6 is 11.3 Å². The molecular weight excluding hydrogens is 366 g/mol. The first kappa shape index (κ1) is 19.2. The van der Waals surface area contributed by atoms with Crippen LogP contribution in [-0.2, 0) is 0 Å². The first-order valence-electron chi connectivity index (χ1n) is 10.3. The summed E-state index contributed by atoms with van der Waals surface area (Å²) in [5, 5.41) is 4.96. The van der Waals surface area contributed by atoms with Gasteiger partial charge in [0.05, 0.1) is 12.0 Å². The fourth-order valence-electron chi connectivity index (χ4n) is 4.26. The molecule has 1 aromatic carbocycles. The van der Waals surface area contributed by atoms with E-state index in [9.17, 15) is 0 Å². The molecule has 0 amide bonds. The highest BCUT2D eigenvalue weighted by Gasteiger charge is 2.24. The van der Waals surface area contributed by atoms with Crippen LogP contribution < -0.4 is 10.1 Å². The number of hydrogen-bond donors (Lipinski definition) is 1. The van der Waals surface area contributed by atoms with Crippen LogP contribution in [-0.4, -0.2) is 22.6 Å². The average molecular weight is 396 g/mol. The van der Waals surface area contributed by atoms with Gasteiger partial charge < -0.3 is 10.1 Å². The van der Waals surface area contributed by atoms with Crippen LogP contribution in [0.2, 0.25) is 0 Å². The summed E-state index contributed by atoms with van der Waals surface area (Å²) >= 11 is 1.76. The van der Waals surface area contributed by atoms with Crippen molar-refractivity contribution in [1.82, 2.24) is 9.97 Å². The smallest absolute Gasteiger partial charge is 0.139 e. The SMILES string of the molecule is CCOc1ccc(-c2c(C)sc3nc(C)nc(NC4CCCCC4C)c23)cc1. The second-order valence-corrected chi connectivity index (χ2v) is 9.01. The van der Waals surface area contributed by atoms with Gasteiger partial charge in [0.1, 0.15) is 22.2 Å². The molecule has 1 aliphatic rings. The van der Waals surface area contributed by atoms with E-state index in [2.05, 4.69) is 31.3 Å². The molecule has 0 radical (unpaired) electrons. The molecule has 0 bridgehead atoms. The summed E-state index contributed by atoms with van der Waals surface area (Å²) in [6.07, 6.45) is 5.14. The van der Waals surface area contributed by atoms with Crippen LogP contribution in [0.5, 0.6) is 5.75 Å². The van der Waals surface area contributed by atoms with E-state index in [0.29, 0.717) is 18.6 Å². The third-order valence-electron chi connectivity index (χ3n) is 5.73. The Morgan fingerprint density at radius 1 is 1.11 bits per heavy atom. The second kappa shape index (κ2) is 8.08. The standard InChI is InChI=1S/C23H29N3OS/c1-5-27-18-12-10-17(11-13-18)20-15(3)28-23-21(20)22(24-16(4)25-23)26-19-9-7-6-8-14(19)2/h10-14,19H,5-9H2,1-4H3,(H,24,25,26). The predicted octanol–water partition coefficient (Wildman–Crippen LogP) is 6.36. The summed E-state index contributed by atoms with van der Waals surface area (Å²) in [7, 11) is 0. The Morgan fingerprint density at radius 3 is 2.57 bits per heavy atom. The molecule has 2 heterocycles. The molecule has 28 heavy (non-hydrogen) atoms. The number of benzene rings is 1. The number of hydrogen-bond acceptors (Lipinski definition) is 5. The lowest BCUT2D eigenvalue weighted by Crippen LogP contribution is -2.30. The molecule has 2 aromatic heterocycles. The molecule has 1 N–H and O–H groups in total. The maximum absolute atomic E-state index is 5.61. The fraction of sp³-hybridized carbons (Fsp3) is 0.478. The lowest BCUT2D eigenvalue weighted by Gasteiger charge is -2.30. The molecule has 0 saturated heterocycles. The van der Waals surface area contributed by atoms with Crippen molar-refractivity contribution < 1.29 is 4.74 Å². The van der Waals surface area contributed by atoms with Gasteiger partial charge in [0, 0.05) is 16.5 Å². The first-order chi connectivity index (χ1) is 13.6. The summed E-state index contributed by atoms with van der Waals surface area (Å²) < 4.78 is 5.61. The molecule has 1 saturated carbocycles. The van der Waals surface area contributed by atoms with E-state index >= 15 is 0 Å². The number of ether oxygens (including phenoxy) is 1. The van der Waals surface area contributed by atoms with Gasteiger partial charge in [-0.2, -0.15) is 0 Å². The molecule has 5 heteroatoms. The lowest BCUT2D eigenvalue weighted by atomic mass is 9.86. The molecule has 0 aliphatic heterocycles. The van der Waals surface area contributed by atoms with Gasteiger partial charge in [0.2, 0.25) is 0 Å². The maximum Gasteiger partial charge on any atom is 0.139 e. The first-order valence-corrected chi connectivity index (χ1v) is 11.2. The van der Waals surface area contributed by atoms with E-state index in [4.69, 9.17) is 14.7 Å². The normalized spacial score (nSPS) is 19.7. The number of anilines is 1. The van der Waals surface area contributed by atoms with Gasteiger partial charge in [-0.15, -0.1) is 11.3 Å². The molecule has 4 nitrogen and oxygen atoms in total. The van der Waals surface area contributed by atoms with Crippen LogP contribution in [0, 0.1) is 19.8 Å². The average Bonchev–Trinajstić information content (AvgIpc) is 3.00. The van der Waals surface area contributed by atoms with Crippen LogP contribution in [0.25, 0.3) is 21.3 Å². The monoisotopic (exact) mass is 395 g/mol. The number of aryl methyl sites for hydroxylation is 2. The molecule has 0 spiro atoms. The Labute approximate surface area is 171 Å². The summed E-state index contributed by atoms with van der Waals surface area (Å²) in [4.78, 5) is 11.9. The van der Waals surface area contributed by atoms with Gasteiger partial charge in [0.25, 0.3) is 0 Å². The largest absolute Gasteiger partial charge is 0.494 e. The van der Waals surface area contributed by atoms with Crippen molar-refractivity contribution in [2.24, 2.45) is 5.92 Å². The Bertz CT molecular complexity index is 964. The Balaban J connectivity index is 1.79. The molecule has 2 unspecified atom stereocenters. The predicted molar refractivity (Wildman–Crippen MR) is 119 cm³/mol. The van der Waals surface area contributed by atoms with Gasteiger partial charge in [-0.05, 0) is 57.2 Å².